The van der Waals surface area contributed by atoms with Crippen molar-refractivity contribution in [3.05, 3.63) is 0 Å². The highest BCUT2D eigenvalue weighted by molar-refractivity contribution is 6.59. The molecule has 0 fully saturated rings. The summed E-state index contributed by atoms with van der Waals surface area (Å²) in [6.07, 6.45) is 6.67. The monoisotopic (exact) mass is 262 g/mol. The van der Waals surface area contributed by atoms with Gasteiger partial charge in [0.15, 0.2) is 0 Å². The summed E-state index contributed by atoms with van der Waals surface area (Å²) in [5.74, 6) is 0. The third-order valence-corrected chi connectivity index (χ3v) is 5.55. The Morgan fingerprint density at radius 1 is 0.824 bits per heavy atom. The van der Waals surface area contributed by atoms with Crippen LogP contribution in [0.2, 0.25) is 6.55 Å². The van der Waals surface area contributed by atoms with E-state index < -0.39 is 8.80 Å². The molecule has 0 aromatic heterocycles. The molecule has 0 unspecified atom stereocenters. The van der Waals surface area contributed by atoms with Gasteiger partial charge in [0.1, 0.15) is 0 Å². The lowest BCUT2D eigenvalue weighted by molar-refractivity contribution is -0.0320. The Balaban J connectivity index is 4.85. The van der Waals surface area contributed by atoms with Gasteiger partial charge in [-0.25, -0.2) is 0 Å². The SMILES string of the molecule is CCCC(CCC)(CCC)O[Si](C)(OC)OC. The van der Waals surface area contributed by atoms with E-state index in [1.165, 1.54) is 0 Å². The minimum absolute atomic E-state index is 0.0504. The van der Waals surface area contributed by atoms with Gasteiger partial charge in [-0.2, -0.15) is 0 Å². The van der Waals surface area contributed by atoms with Crippen molar-refractivity contribution in [1.82, 2.24) is 0 Å². The first-order chi connectivity index (χ1) is 8.01. The molecule has 0 heterocycles. The number of rotatable bonds is 10. The van der Waals surface area contributed by atoms with Crippen LogP contribution in [0.5, 0.6) is 0 Å². The first-order valence-corrected chi connectivity index (χ1v) is 9.04. The van der Waals surface area contributed by atoms with Crippen molar-refractivity contribution in [2.24, 2.45) is 0 Å². The molecule has 0 N–H and O–H groups in total. The Morgan fingerprint density at radius 3 is 1.41 bits per heavy atom. The minimum Gasteiger partial charge on any atom is -0.377 e. The second kappa shape index (κ2) is 8.24. The van der Waals surface area contributed by atoms with Crippen LogP contribution in [0.25, 0.3) is 0 Å². The van der Waals surface area contributed by atoms with E-state index in [4.69, 9.17) is 13.3 Å². The average molecular weight is 262 g/mol. The summed E-state index contributed by atoms with van der Waals surface area (Å²) < 4.78 is 17.3. The van der Waals surface area contributed by atoms with E-state index in [0.29, 0.717) is 0 Å². The Kier molecular flexibility index (Phi) is 8.29. The zero-order valence-electron chi connectivity index (χ0n) is 12.5. The zero-order chi connectivity index (χ0) is 13.4. The second-order valence-corrected chi connectivity index (χ2v) is 7.55. The molecule has 0 saturated carbocycles. The molecule has 0 aliphatic heterocycles. The van der Waals surface area contributed by atoms with Gasteiger partial charge in [0.2, 0.25) is 0 Å². The maximum atomic E-state index is 6.34. The van der Waals surface area contributed by atoms with Crippen molar-refractivity contribution in [2.45, 2.75) is 71.4 Å². The Morgan fingerprint density at radius 2 is 1.18 bits per heavy atom. The highest BCUT2D eigenvalue weighted by Gasteiger charge is 2.42. The van der Waals surface area contributed by atoms with Crippen LogP contribution >= 0.6 is 0 Å². The zero-order valence-corrected chi connectivity index (χ0v) is 13.5. The standard InChI is InChI=1S/C13H30O3Si/c1-7-10-13(11-8-2,12-9-3)16-17(6,14-4)15-5/h7-12H2,1-6H3. The third-order valence-electron chi connectivity index (χ3n) is 3.26. The molecule has 0 rings (SSSR count). The van der Waals surface area contributed by atoms with Crippen molar-refractivity contribution < 1.29 is 13.3 Å². The summed E-state index contributed by atoms with van der Waals surface area (Å²) in [5, 5.41) is 0. The van der Waals surface area contributed by atoms with Gasteiger partial charge >= 0.3 is 8.80 Å². The van der Waals surface area contributed by atoms with Crippen LogP contribution < -0.4 is 0 Å². The fourth-order valence-electron chi connectivity index (χ4n) is 2.45. The first-order valence-electron chi connectivity index (χ1n) is 6.81. The van der Waals surface area contributed by atoms with Gasteiger partial charge < -0.3 is 13.3 Å². The molecule has 0 aliphatic carbocycles. The molecule has 17 heavy (non-hydrogen) atoms. The number of hydrogen-bond acceptors (Lipinski definition) is 3. The number of hydrogen-bond donors (Lipinski definition) is 0. The minimum atomic E-state index is -2.44. The van der Waals surface area contributed by atoms with E-state index in [9.17, 15) is 0 Å². The van der Waals surface area contributed by atoms with E-state index in [2.05, 4.69) is 20.8 Å². The maximum Gasteiger partial charge on any atom is 0.497 e. The summed E-state index contributed by atoms with van der Waals surface area (Å²) in [5.41, 5.74) is -0.0504. The first kappa shape index (κ1) is 17.1. The maximum absolute atomic E-state index is 6.34. The third kappa shape index (κ3) is 5.51. The molecule has 4 heteroatoms. The van der Waals surface area contributed by atoms with E-state index in [1.54, 1.807) is 14.2 Å². The molecular formula is C13H30O3Si. The summed E-state index contributed by atoms with van der Waals surface area (Å²) >= 11 is 0. The van der Waals surface area contributed by atoms with E-state index in [-0.39, 0.29) is 5.60 Å². The Labute approximate surface area is 108 Å². The van der Waals surface area contributed by atoms with Gasteiger partial charge in [-0.05, 0) is 19.3 Å². The molecule has 0 atom stereocenters. The summed E-state index contributed by atoms with van der Waals surface area (Å²) in [7, 11) is 0.925. The molecule has 0 spiro atoms. The van der Waals surface area contributed by atoms with E-state index in [0.717, 1.165) is 38.5 Å². The van der Waals surface area contributed by atoms with Crippen LogP contribution in [0.3, 0.4) is 0 Å². The lowest BCUT2D eigenvalue weighted by Crippen LogP contribution is -2.49. The highest BCUT2D eigenvalue weighted by atomic mass is 28.4. The van der Waals surface area contributed by atoms with Gasteiger partial charge in [-0.1, -0.05) is 40.0 Å². The second-order valence-electron chi connectivity index (χ2n) is 4.81. The fraction of sp³-hybridized carbons (Fsp3) is 1.00. The van der Waals surface area contributed by atoms with Gasteiger partial charge in [0, 0.05) is 20.8 Å². The van der Waals surface area contributed by atoms with Gasteiger partial charge in [-0.3, -0.25) is 0 Å². The van der Waals surface area contributed by atoms with Crippen LogP contribution in [0.1, 0.15) is 59.3 Å². The fourth-order valence-corrected chi connectivity index (χ4v) is 3.88. The molecule has 3 nitrogen and oxygen atoms in total. The van der Waals surface area contributed by atoms with Crippen LogP contribution in [-0.4, -0.2) is 28.6 Å². The largest absolute Gasteiger partial charge is 0.497 e. The molecule has 0 aromatic rings. The van der Waals surface area contributed by atoms with E-state index >= 15 is 0 Å². The van der Waals surface area contributed by atoms with Crippen LogP contribution in [0, 0.1) is 0 Å². The predicted octanol–water partition coefficient (Wildman–Crippen LogP) is 4.00. The summed E-state index contributed by atoms with van der Waals surface area (Å²) in [6, 6.07) is 0. The van der Waals surface area contributed by atoms with Crippen molar-refractivity contribution >= 4 is 8.80 Å². The highest BCUT2D eigenvalue weighted by Crippen LogP contribution is 2.33. The van der Waals surface area contributed by atoms with Gasteiger partial charge in [-0.15, -0.1) is 0 Å². The van der Waals surface area contributed by atoms with Crippen molar-refractivity contribution in [3.63, 3.8) is 0 Å². The van der Waals surface area contributed by atoms with Crippen molar-refractivity contribution in [3.8, 4) is 0 Å². The molecule has 0 radical (unpaired) electrons. The Hall–Kier alpha value is 0.0969. The predicted molar refractivity (Wildman–Crippen MR) is 74.2 cm³/mol. The van der Waals surface area contributed by atoms with E-state index in [1.807, 2.05) is 6.55 Å². The normalized spacial score (nSPS) is 13.1. The van der Waals surface area contributed by atoms with Gasteiger partial charge in [0.05, 0.1) is 5.60 Å². The molecule has 0 aliphatic rings. The van der Waals surface area contributed by atoms with Crippen LogP contribution in [0.15, 0.2) is 0 Å². The lowest BCUT2D eigenvalue weighted by atomic mass is 9.88. The lowest BCUT2D eigenvalue weighted by Gasteiger charge is -2.39. The molecule has 0 amide bonds. The van der Waals surface area contributed by atoms with Gasteiger partial charge in [0.25, 0.3) is 0 Å². The van der Waals surface area contributed by atoms with Crippen molar-refractivity contribution in [1.29, 1.82) is 0 Å². The molecular weight excluding hydrogens is 232 g/mol. The van der Waals surface area contributed by atoms with Crippen LogP contribution in [-0.2, 0) is 13.3 Å². The topological polar surface area (TPSA) is 27.7 Å². The smallest absolute Gasteiger partial charge is 0.377 e. The summed E-state index contributed by atoms with van der Waals surface area (Å²) in [4.78, 5) is 0. The molecule has 0 bridgehead atoms. The average Bonchev–Trinajstić information content (AvgIpc) is 2.30. The quantitative estimate of drug-likeness (QED) is 0.557. The summed E-state index contributed by atoms with van der Waals surface area (Å²) in [6.45, 7) is 8.61. The van der Waals surface area contributed by atoms with Crippen LogP contribution in [0.4, 0.5) is 0 Å². The molecule has 0 saturated heterocycles. The molecule has 104 valence electrons. The Bertz CT molecular complexity index is 176. The van der Waals surface area contributed by atoms with Crippen molar-refractivity contribution in [2.75, 3.05) is 14.2 Å². The molecule has 0 aromatic carbocycles.